The van der Waals surface area contributed by atoms with Crippen LogP contribution in [0, 0.1) is 5.82 Å². The van der Waals surface area contributed by atoms with Gasteiger partial charge in [0.1, 0.15) is 18.2 Å². The first-order chi connectivity index (χ1) is 17.1. The zero-order chi connectivity index (χ0) is 26.3. The first-order valence-corrected chi connectivity index (χ1v) is 11.3. The average molecular weight is 524 g/mol. The van der Waals surface area contributed by atoms with Crippen LogP contribution in [-0.4, -0.2) is 54.2 Å². The van der Waals surface area contributed by atoms with E-state index in [0.29, 0.717) is 5.56 Å². The Balaban J connectivity index is 1.63. The molecule has 3 amide bonds. The number of nitrogens with two attached hydrogens (primary N) is 1. The van der Waals surface area contributed by atoms with Crippen LogP contribution >= 0.6 is 11.6 Å². The van der Waals surface area contributed by atoms with Crippen LogP contribution in [0.3, 0.4) is 0 Å². The van der Waals surface area contributed by atoms with E-state index < -0.39 is 49.5 Å². The molecule has 8 nitrogen and oxygen atoms in total. The van der Waals surface area contributed by atoms with Gasteiger partial charge in [0, 0.05) is 31.6 Å². The maximum atomic E-state index is 14.1. The number of anilines is 1. The number of halogens is 4. The largest absolute Gasteiger partial charge is 0.447 e. The summed E-state index contributed by atoms with van der Waals surface area (Å²) in [6.45, 7) is -1.64. The fourth-order valence-corrected chi connectivity index (χ4v) is 3.54. The van der Waals surface area contributed by atoms with E-state index in [1.165, 1.54) is 25.2 Å². The second-order valence-corrected chi connectivity index (χ2v) is 8.42. The predicted molar refractivity (Wildman–Crippen MR) is 131 cm³/mol. The van der Waals surface area contributed by atoms with Crippen LogP contribution < -0.4 is 16.4 Å². The Kier molecular flexibility index (Phi) is 8.94. The topological polar surface area (TPSA) is 110 Å². The number of benzene rings is 2. The molecule has 192 valence electrons. The van der Waals surface area contributed by atoms with Gasteiger partial charge in [-0.25, -0.2) is 27.7 Å². The van der Waals surface area contributed by atoms with Gasteiger partial charge in [-0.05, 0) is 23.1 Å². The standard InChI is InChI=1S/C24H25ClF3N5O3/c1-33(22(34)31-12-17-7-4-8-19(26)21(17)25)18(10-24(27,28)14-29)13-36-23(35)32-20-9-15-5-2-3-6-16(15)11-30-20/h2-9,11,18H,10,12-14,29H2,1H3,(H,31,34)(H,30,32,35)/t18-/m0/s1. The number of aromatic nitrogens is 1. The second-order valence-electron chi connectivity index (χ2n) is 8.04. The lowest BCUT2D eigenvalue weighted by Crippen LogP contribution is -2.49. The fourth-order valence-electron chi connectivity index (χ4n) is 3.35. The van der Waals surface area contributed by atoms with Crippen LogP contribution in [0.15, 0.2) is 54.7 Å². The lowest BCUT2D eigenvalue weighted by atomic mass is 10.1. The van der Waals surface area contributed by atoms with Crippen molar-refractivity contribution in [2.75, 3.05) is 25.5 Å². The molecule has 0 fully saturated rings. The van der Waals surface area contributed by atoms with Gasteiger partial charge >= 0.3 is 12.1 Å². The number of alkyl halides is 2. The van der Waals surface area contributed by atoms with E-state index >= 15 is 0 Å². The van der Waals surface area contributed by atoms with Crippen LogP contribution in [0.4, 0.5) is 28.6 Å². The van der Waals surface area contributed by atoms with Crippen molar-refractivity contribution in [3.05, 3.63) is 71.1 Å². The molecule has 0 aliphatic heterocycles. The molecule has 0 aliphatic rings. The highest BCUT2D eigenvalue weighted by atomic mass is 35.5. The van der Waals surface area contributed by atoms with Gasteiger partial charge in [0.15, 0.2) is 0 Å². The minimum absolute atomic E-state index is 0.144. The highest BCUT2D eigenvalue weighted by molar-refractivity contribution is 6.31. The third-order valence-corrected chi connectivity index (χ3v) is 5.85. The van der Waals surface area contributed by atoms with Gasteiger partial charge in [-0.3, -0.25) is 5.32 Å². The van der Waals surface area contributed by atoms with Crippen molar-refractivity contribution in [3.63, 3.8) is 0 Å². The van der Waals surface area contributed by atoms with Crippen molar-refractivity contribution < 1.29 is 27.5 Å². The van der Waals surface area contributed by atoms with Crippen LogP contribution in [0.1, 0.15) is 12.0 Å². The summed E-state index contributed by atoms with van der Waals surface area (Å²) >= 11 is 5.89. The highest BCUT2D eigenvalue weighted by Crippen LogP contribution is 2.23. The molecule has 0 aliphatic carbocycles. The second kappa shape index (κ2) is 11.9. The van der Waals surface area contributed by atoms with Gasteiger partial charge in [-0.1, -0.05) is 48.0 Å². The molecular formula is C24H25ClF3N5O3. The van der Waals surface area contributed by atoms with E-state index in [2.05, 4.69) is 15.6 Å². The summed E-state index contributed by atoms with van der Waals surface area (Å²) in [6, 6.07) is 11.1. The lowest BCUT2D eigenvalue weighted by Gasteiger charge is -2.30. The van der Waals surface area contributed by atoms with Crippen LogP contribution in [0.5, 0.6) is 0 Å². The molecule has 1 atom stereocenters. The summed E-state index contributed by atoms with van der Waals surface area (Å²) in [7, 11) is 1.27. The van der Waals surface area contributed by atoms with Gasteiger partial charge in [0.25, 0.3) is 5.92 Å². The molecule has 0 unspecified atom stereocenters. The number of hydrogen-bond acceptors (Lipinski definition) is 5. The Hall–Kier alpha value is -3.57. The van der Waals surface area contributed by atoms with E-state index in [9.17, 15) is 22.8 Å². The normalized spacial score (nSPS) is 12.2. The Bertz CT molecular complexity index is 1230. The number of ether oxygens (including phenoxy) is 1. The van der Waals surface area contributed by atoms with Gasteiger partial charge in [0.2, 0.25) is 0 Å². The monoisotopic (exact) mass is 523 g/mol. The smallest absolute Gasteiger partial charge is 0.412 e. The maximum Gasteiger partial charge on any atom is 0.412 e. The fraction of sp³-hybridized carbons (Fsp3) is 0.292. The van der Waals surface area contributed by atoms with Gasteiger partial charge in [0.05, 0.1) is 17.6 Å². The van der Waals surface area contributed by atoms with Crippen LogP contribution in [0.25, 0.3) is 10.8 Å². The lowest BCUT2D eigenvalue weighted by molar-refractivity contribution is -0.0260. The molecular weight excluding hydrogens is 499 g/mol. The first-order valence-electron chi connectivity index (χ1n) is 10.9. The Labute approximate surface area is 210 Å². The molecule has 2 aromatic carbocycles. The summed E-state index contributed by atoms with van der Waals surface area (Å²) in [6.07, 6.45) is -0.215. The summed E-state index contributed by atoms with van der Waals surface area (Å²) < 4.78 is 46.9. The molecule has 0 radical (unpaired) electrons. The van der Waals surface area contributed by atoms with Crippen molar-refractivity contribution >= 4 is 40.3 Å². The number of rotatable bonds is 9. The molecule has 0 saturated heterocycles. The number of carbonyl (C=O) groups is 2. The molecule has 0 saturated carbocycles. The van der Waals surface area contributed by atoms with Crippen molar-refractivity contribution in [2.24, 2.45) is 5.73 Å². The number of urea groups is 1. The predicted octanol–water partition coefficient (Wildman–Crippen LogP) is 4.77. The number of nitrogens with one attached hydrogen (secondary N) is 2. The molecule has 3 aromatic rings. The molecule has 4 N–H and O–H groups in total. The minimum Gasteiger partial charge on any atom is -0.447 e. The molecule has 3 rings (SSSR count). The number of amides is 3. The maximum absolute atomic E-state index is 14.1. The number of hydrogen-bond donors (Lipinski definition) is 3. The molecule has 0 bridgehead atoms. The summed E-state index contributed by atoms with van der Waals surface area (Å²) in [4.78, 5) is 30.0. The minimum atomic E-state index is -3.31. The Morgan fingerprint density at radius 2 is 1.92 bits per heavy atom. The zero-order valence-corrected chi connectivity index (χ0v) is 20.1. The highest BCUT2D eigenvalue weighted by Gasteiger charge is 2.35. The van der Waals surface area contributed by atoms with Crippen LogP contribution in [-0.2, 0) is 11.3 Å². The van der Waals surface area contributed by atoms with E-state index in [1.54, 1.807) is 12.3 Å². The molecule has 1 aromatic heterocycles. The van der Waals surface area contributed by atoms with E-state index in [1.807, 2.05) is 24.3 Å². The number of nitrogens with zero attached hydrogens (tertiary/aromatic N) is 2. The van der Waals surface area contributed by atoms with Crippen LogP contribution in [0.2, 0.25) is 5.02 Å². The van der Waals surface area contributed by atoms with Crippen molar-refractivity contribution in [1.29, 1.82) is 0 Å². The number of likely N-dealkylation sites (N-methyl/N-ethyl adjacent to an activating group) is 1. The SMILES string of the molecule is CN(C(=O)NCc1cccc(F)c1Cl)[C@H](COC(=O)Nc1cc2ccccc2cn1)CC(F)(F)CN. The zero-order valence-electron chi connectivity index (χ0n) is 19.3. The summed E-state index contributed by atoms with van der Waals surface area (Å²) in [5.74, 6) is -3.76. The molecule has 0 spiro atoms. The van der Waals surface area contributed by atoms with Crippen molar-refractivity contribution in [1.82, 2.24) is 15.2 Å². The van der Waals surface area contributed by atoms with Crippen molar-refractivity contribution in [2.45, 2.75) is 24.9 Å². The van der Waals surface area contributed by atoms with E-state index in [0.717, 1.165) is 15.7 Å². The molecule has 36 heavy (non-hydrogen) atoms. The summed E-state index contributed by atoms with van der Waals surface area (Å²) in [5, 5.41) is 6.47. The molecule has 12 heteroatoms. The number of carbonyl (C=O) groups excluding carboxylic acids is 2. The third-order valence-electron chi connectivity index (χ3n) is 5.43. The first kappa shape index (κ1) is 27.0. The quantitative estimate of drug-likeness (QED) is 0.374. The summed E-state index contributed by atoms with van der Waals surface area (Å²) in [5.41, 5.74) is 5.46. The van der Waals surface area contributed by atoms with E-state index in [-0.39, 0.29) is 17.4 Å². The number of pyridine rings is 1. The van der Waals surface area contributed by atoms with Gasteiger partial charge < -0.3 is 20.7 Å². The van der Waals surface area contributed by atoms with Gasteiger partial charge in [-0.15, -0.1) is 0 Å². The Morgan fingerprint density at radius 3 is 2.64 bits per heavy atom. The van der Waals surface area contributed by atoms with Crippen molar-refractivity contribution in [3.8, 4) is 0 Å². The molecule has 1 heterocycles. The van der Waals surface area contributed by atoms with Gasteiger partial charge in [-0.2, -0.15) is 0 Å². The average Bonchev–Trinajstić information content (AvgIpc) is 2.86. The Morgan fingerprint density at radius 1 is 1.19 bits per heavy atom. The third kappa shape index (κ3) is 7.22. The number of fused-ring (bicyclic) bond motifs is 1. The van der Waals surface area contributed by atoms with E-state index in [4.69, 9.17) is 22.1 Å².